The van der Waals surface area contributed by atoms with E-state index >= 15 is 0 Å². The molecule has 0 spiro atoms. The lowest BCUT2D eigenvalue weighted by Gasteiger charge is -2.10. The van der Waals surface area contributed by atoms with Crippen LogP contribution in [0.3, 0.4) is 0 Å². The highest BCUT2D eigenvalue weighted by molar-refractivity contribution is 7.17. The van der Waals surface area contributed by atoms with Crippen LogP contribution in [0.1, 0.15) is 27.5 Å². The maximum absolute atomic E-state index is 4.62. The Morgan fingerprint density at radius 2 is 2.10 bits per heavy atom. The van der Waals surface area contributed by atoms with Crippen LogP contribution in [-0.4, -0.2) is 21.1 Å². The van der Waals surface area contributed by atoms with E-state index in [-0.39, 0.29) is 0 Å². The molecule has 3 heterocycles. The lowest BCUT2D eigenvalue weighted by atomic mass is 10.1. The van der Waals surface area contributed by atoms with Crippen LogP contribution in [-0.2, 0) is 13.0 Å². The van der Waals surface area contributed by atoms with Gasteiger partial charge in [-0.25, -0.2) is 4.52 Å². The topological polar surface area (TPSA) is 42.2 Å². The monoisotopic (exact) mass is 296 g/mol. The number of aryl methyl sites for hydroxylation is 1. The summed E-state index contributed by atoms with van der Waals surface area (Å²) < 4.78 is 2.01. The highest BCUT2D eigenvalue weighted by atomic mass is 32.1. The third kappa shape index (κ3) is 2.39. The number of hydrogen-bond acceptors (Lipinski definition) is 4. The zero-order valence-corrected chi connectivity index (χ0v) is 12.7. The molecule has 0 radical (unpaired) electrons. The van der Waals surface area contributed by atoms with Crippen LogP contribution in [0.2, 0.25) is 0 Å². The van der Waals surface area contributed by atoms with Gasteiger partial charge in [-0.1, -0.05) is 47.2 Å². The number of nitrogens with zero attached hydrogens (tertiary/aromatic N) is 3. The first-order chi connectivity index (χ1) is 10.3. The fourth-order valence-corrected chi connectivity index (χ4v) is 3.63. The third-order valence-corrected chi connectivity index (χ3v) is 4.79. The largest absolute Gasteiger partial charge is 0.311 e. The van der Waals surface area contributed by atoms with Gasteiger partial charge in [0.15, 0.2) is 5.82 Å². The van der Waals surface area contributed by atoms with Crippen molar-refractivity contribution in [1.82, 2.24) is 19.9 Å². The molecule has 1 N–H and O–H groups in total. The van der Waals surface area contributed by atoms with Crippen molar-refractivity contribution in [1.29, 1.82) is 0 Å². The van der Waals surface area contributed by atoms with E-state index in [1.165, 1.54) is 21.7 Å². The van der Waals surface area contributed by atoms with Crippen molar-refractivity contribution in [3.63, 3.8) is 0 Å². The zero-order chi connectivity index (χ0) is 14.2. The minimum atomic E-state index is 0.781. The molecule has 4 nitrogen and oxygen atoms in total. The number of nitrogens with one attached hydrogen (secondary N) is 1. The predicted octanol–water partition coefficient (Wildman–Crippen LogP) is 2.92. The molecule has 0 atom stereocenters. The van der Waals surface area contributed by atoms with Gasteiger partial charge in [0.1, 0.15) is 0 Å². The van der Waals surface area contributed by atoms with E-state index < -0.39 is 0 Å². The SMILES string of the molecule is Cc1ccc(/C=C/c2nc3sc4c(n3n2)CCNC4)cc1. The Balaban J connectivity index is 1.65. The molecular weight excluding hydrogens is 280 g/mol. The standard InChI is InChI=1S/C16H16N4S/c1-11-2-4-12(5-3-11)6-7-15-18-16-20(19-15)13-8-9-17-10-14(13)21-16/h2-7,17H,8-10H2,1H3/b7-6+. The van der Waals surface area contributed by atoms with Crippen molar-refractivity contribution in [2.24, 2.45) is 0 Å². The maximum atomic E-state index is 4.62. The Labute approximate surface area is 127 Å². The van der Waals surface area contributed by atoms with Crippen LogP contribution in [0.25, 0.3) is 17.1 Å². The molecule has 0 saturated carbocycles. The van der Waals surface area contributed by atoms with Crippen molar-refractivity contribution in [3.8, 4) is 0 Å². The molecule has 1 aliphatic rings. The van der Waals surface area contributed by atoms with Gasteiger partial charge in [-0.05, 0) is 18.6 Å². The number of rotatable bonds is 2. The average Bonchev–Trinajstić information content (AvgIpc) is 3.04. The first-order valence-corrected chi connectivity index (χ1v) is 7.94. The number of thiazole rings is 1. The molecule has 4 rings (SSSR count). The van der Waals surface area contributed by atoms with Crippen LogP contribution in [0.4, 0.5) is 0 Å². The van der Waals surface area contributed by atoms with Crippen LogP contribution in [0.5, 0.6) is 0 Å². The van der Waals surface area contributed by atoms with Gasteiger partial charge in [-0.2, -0.15) is 4.98 Å². The number of aromatic nitrogens is 3. The summed E-state index contributed by atoms with van der Waals surface area (Å²) in [7, 11) is 0. The van der Waals surface area contributed by atoms with E-state index in [1.54, 1.807) is 11.3 Å². The van der Waals surface area contributed by atoms with Crippen molar-refractivity contribution in [2.75, 3.05) is 6.54 Å². The molecule has 3 aromatic rings. The van der Waals surface area contributed by atoms with Crippen LogP contribution < -0.4 is 5.32 Å². The summed E-state index contributed by atoms with van der Waals surface area (Å²) in [5, 5.41) is 8.01. The number of hydrogen-bond donors (Lipinski definition) is 1. The zero-order valence-electron chi connectivity index (χ0n) is 11.8. The van der Waals surface area contributed by atoms with Crippen molar-refractivity contribution < 1.29 is 0 Å². The van der Waals surface area contributed by atoms with Crippen LogP contribution in [0, 0.1) is 6.92 Å². The van der Waals surface area contributed by atoms with E-state index in [4.69, 9.17) is 0 Å². The van der Waals surface area contributed by atoms with Gasteiger partial charge in [0.2, 0.25) is 4.96 Å². The van der Waals surface area contributed by atoms with E-state index in [0.29, 0.717) is 0 Å². The molecule has 1 aliphatic heterocycles. The molecule has 0 amide bonds. The Morgan fingerprint density at radius 3 is 2.95 bits per heavy atom. The minimum Gasteiger partial charge on any atom is -0.311 e. The summed E-state index contributed by atoms with van der Waals surface area (Å²) in [6.07, 6.45) is 5.07. The van der Waals surface area contributed by atoms with Gasteiger partial charge >= 0.3 is 0 Å². The first-order valence-electron chi connectivity index (χ1n) is 7.12. The molecule has 0 aliphatic carbocycles. The Kier molecular flexibility index (Phi) is 3.09. The minimum absolute atomic E-state index is 0.781. The summed E-state index contributed by atoms with van der Waals surface area (Å²) in [5.74, 6) is 0.781. The second kappa shape index (κ2) is 5.09. The lowest BCUT2D eigenvalue weighted by Crippen LogP contribution is -2.23. The summed E-state index contributed by atoms with van der Waals surface area (Å²) in [6, 6.07) is 8.44. The molecule has 2 aromatic heterocycles. The molecule has 5 heteroatoms. The van der Waals surface area contributed by atoms with Crippen LogP contribution >= 0.6 is 11.3 Å². The Morgan fingerprint density at radius 1 is 1.24 bits per heavy atom. The predicted molar refractivity (Wildman–Crippen MR) is 86.4 cm³/mol. The maximum Gasteiger partial charge on any atom is 0.213 e. The van der Waals surface area contributed by atoms with E-state index in [1.807, 2.05) is 10.6 Å². The fourth-order valence-electron chi connectivity index (χ4n) is 2.55. The van der Waals surface area contributed by atoms with Crippen LogP contribution in [0.15, 0.2) is 24.3 Å². The van der Waals surface area contributed by atoms with Gasteiger partial charge < -0.3 is 5.32 Å². The molecule has 1 aromatic carbocycles. The van der Waals surface area contributed by atoms with Crippen molar-refractivity contribution >= 4 is 28.4 Å². The molecule has 0 saturated heterocycles. The molecule has 0 bridgehead atoms. The number of fused-ring (bicyclic) bond motifs is 3. The van der Waals surface area contributed by atoms with Gasteiger partial charge in [-0.3, -0.25) is 0 Å². The van der Waals surface area contributed by atoms with E-state index in [9.17, 15) is 0 Å². The molecule has 0 unspecified atom stereocenters. The molecule has 0 fully saturated rings. The van der Waals surface area contributed by atoms with E-state index in [2.05, 4.69) is 52.7 Å². The molecule has 21 heavy (non-hydrogen) atoms. The van der Waals surface area contributed by atoms with Crippen molar-refractivity contribution in [2.45, 2.75) is 19.9 Å². The Bertz CT molecular complexity index is 811. The summed E-state index contributed by atoms with van der Waals surface area (Å²) >= 11 is 1.74. The quantitative estimate of drug-likeness (QED) is 0.790. The van der Waals surface area contributed by atoms with Gasteiger partial charge in [-0.15, -0.1) is 5.10 Å². The third-order valence-electron chi connectivity index (χ3n) is 3.71. The average molecular weight is 296 g/mol. The fraction of sp³-hybridized carbons (Fsp3) is 0.250. The molecular formula is C16H16N4S. The normalized spacial score (nSPS) is 14.9. The summed E-state index contributed by atoms with van der Waals surface area (Å²) in [6.45, 7) is 4.06. The smallest absolute Gasteiger partial charge is 0.213 e. The van der Waals surface area contributed by atoms with Gasteiger partial charge in [0, 0.05) is 24.4 Å². The van der Waals surface area contributed by atoms with Crippen molar-refractivity contribution in [3.05, 3.63) is 51.8 Å². The molecule has 106 valence electrons. The summed E-state index contributed by atoms with van der Waals surface area (Å²) in [4.78, 5) is 6.96. The van der Waals surface area contributed by atoms with Gasteiger partial charge in [0.05, 0.1) is 5.69 Å². The first kappa shape index (κ1) is 12.7. The second-order valence-electron chi connectivity index (χ2n) is 5.31. The number of benzene rings is 1. The van der Waals surface area contributed by atoms with Gasteiger partial charge in [0.25, 0.3) is 0 Å². The second-order valence-corrected chi connectivity index (χ2v) is 6.37. The highest BCUT2D eigenvalue weighted by Gasteiger charge is 2.17. The lowest BCUT2D eigenvalue weighted by molar-refractivity contribution is 0.628. The summed E-state index contributed by atoms with van der Waals surface area (Å²) in [5.41, 5.74) is 3.76. The Hall–Kier alpha value is -1.98. The highest BCUT2D eigenvalue weighted by Crippen LogP contribution is 2.24. The van der Waals surface area contributed by atoms with E-state index in [0.717, 1.165) is 30.3 Å².